The Hall–Kier alpha value is -2.62. The smallest absolute Gasteiger partial charge is 0.223 e. The van der Waals surface area contributed by atoms with Crippen molar-refractivity contribution in [2.75, 3.05) is 11.4 Å². The first-order chi connectivity index (χ1) is 11.9. The van der Waals surface area contributed by atoms with E-state index in [0.717, 1.165) is 22.4 Å². The molecule has 2 aromatic rings. The molecule has 2 aromatic carbocycles. The lowest BCUT2D eigenvalue weighted by atomic mass is 10.0. The van der Waals surface area contributed by atoms with Crippen LogP contribution in [0.25, 0.3) is 0 Å². The van der Waals surface area contributed by atoms with E-state index in [-0.39, 0.29) is 18.2 Å². The Bertz CT molecular complexity index is 731. The number of aryl methyl sites for hydroxylation is 3. The van der Waals surface area contributed by atoms with Crippen molar-refractivity contribution in [3.63, 3.8) is 0 Å². The summed E-state index contributed by atoms with van der Waals surface area (Å²) in [6.45, 7) is 8.46. The number of carbonyl (C=O) groups excluding carboxylic acids is 2. The SMILES string of the molecule is CC(=O)N(CCC(=O)NCc1ccccc1)c1c(C)cc(C)cc1C. The van der Waals surface area contributed by atoms with E-state index >= 15 is 0 Å². The quantitative estimate of drug-likeness (QED) is 0.873. The monoisotopic (exact) mass is 338 g/mol. The van der Waals surface area contributed by atoms with E-state index in [1.165, 1.54) is 5.56 Å². The molecular formula is C21H26N2O2. The van der Waals surface area contributed by atoms with Crippen LogP contribution in [0, 0.1) is 20.8 Å². The first kappa shape index (κ1) is 18.7. The molecule has 0 saturated heterocycles. The van der Waals surface area contributed by atoms with Gasteiger partial charge in [0.1, 0.15) is 0 Å². The molecule has 2 amide bonds. The largest absolute Gasteiger partial charge is 0.352 e. The van der Waals surface area contributed by atoms with Gasteiger partial charge >= 0.3 is 0 Å². The van der Waals surface area contributed by atoms with Crippen molar-refractivity contribution in [3.05, 3.63) is 64.7 Å². The van der Waals surface area contributed by atoms with Crippen molar-refractivity contribution < 1.29 is 9.59 Å². The number of anilines is 1. The lowest BCUT2D eigenvalue weighted by molar-refractivity contribution is -0.121. The number of amides is 2. The summed E-state index contributed by atoms with van der Waals surface area (Å²) in [5.41, 5.74) is 5.25. The maximum Gasteiger partial charge on any atom is 0.223 e. The van der Waals surface area contributed by atoms with E-state index in [1.54, 1.807) is 11.8 Å². The standard InChI is InChI=1S/C21H26N2O2/c1-15-12-16(2)21(17(3)13-15)23(18(4)24)11-10-20(25)22-14-19-8-6-5-7-9-19/h5-9,12-13H,10-11,14H2,1-4H3,(H,22,25). The summed E-state index contributed by atoms with van der Waals surface area (Å²) in [5, 5.41) is 2.91. The summed E-state index contributed by atoms with van der Waals surface area (Å²) in [7, 11) is 0. The van der Waals surface area contributed by atoms with Crippen LogP contribution in [0.1, 0.15) is 35.6 Å². The minimum absolute atomic E-state index is 0.0501. The molecule has 4 nitrogen and oxygen atoms in total. The fourth-order valence-corrected chi connectivity index (χ4v) is 3.12. The minimum atomic E-state index is -0.0579. The number of carbonyl (C=O) groups is 2. The number of nitrogens with one attached hydrogen (secondary N) is 1. The Morgan fingerprint density at radius 2 is 1.60 bits per heavy atom. The molecule has 0 heterocycles. The molecule has 1 N–H and O–H groups in total. The van der Waals surface area contributed by atoms with Crippen molar-refractivity contribution in [2.45, 2.75) is 40.7 Å². The number of benzene rings is 2. The van der Waals surface area contributed by atoms with Crippen LogP contribution in [0.4, 0.5) is 5.69 Å². The zero-order valence-electron chi connectivity index (χ0n) is 15.4. The Morgan fingerprint density at radius 1 is 1.00 bits per heavy atom. The molecule has 0 aromatic heterocycles. The van der Waals surface area contributed by atoms with Gasteiger partial charge in [-0.15, -0.1) is 0 Å². The van der Waals surface area contributed by atoms with Crippen LogP contribution >= 0.6 is 0 Å². The van der Waals surface area contributed by atoms with Gasteiger partial charge in [0, 0.05) is 32.1 Å². The van der Waals surface area contributed by atoms with Crippen LogP contribution in [0.3, 0.4) is 0 Å². The van der Waals surface area contributed by atoms with E-state index in [1.807, 2.05) is 51.1 Å². The number of hydrogen-bond acceptors (Lipinski definition) is 2. The van der Waals surface area contributed by atoms with Gasteiger partial charge in [0.15, 0.2) is 0 Å². The molecule has 0 radical (unpaired) electrons. The predicted molar refractivity (Wildman–Crippen MR) is 102 cm³/mol. The van der Waals surface area contributed by atoms with Gasteiger partial charge in [-0.1, -0.05) is 48.0 Å². The number of nitrogens with zero attached hydrogens (tertiary/aromatic N) is 1. The Morgan fingerprint density at radius 3 is 2.16 bits per heavy atom. The number of rotatable bonds is 6. The third-order valence-electron chi connectivity index (χ3n) is 4.18. The maximum absolute atomic E-state index is 12.1. The number of hydrogen-bond donors (Lipinski definition) is 1. The summed E-state index contributed by atoms with van der Waals surface area (Å²) in [5.74, 6) is -0.108. The lowest BCUT2D eigenvalue weighted by Gasteiger charge is -2.25. The van der Waals surface area contributed by atoms with Gasteiger partial charge in [0.2, 0.25) is 11.8 Å². The summed E-state index contributed by atoms with van der Waals surface area (Å²) < 4.78 is 0. The molecule has 0 fully saturated rings. The molecule has 0 atom stereocenters. The van der Waals surface area contributed by atoms with Gasteiger partial charge in [-0.2, -0.15) is 0 Å². The molecule has 132 valence electrons. The lowest BCUT2D eigenvalue weighted by Crippen LogP contribution is -2.34. The van der Waals surface area contributed by atoms with Gasteiger partial charge < -0.3 is 10.2 Å². The van der Waals surface area contributed by atoms with E-state index < -0.39 is 0 Å². The fraction of sp³-hybridized carbons (Fsp3) is 0.333. The van der Waals surface area contributed by atoms with E-state index in [9.17, 15) is 9.59 Å². The van der Waals surface area contributed by atoms with Crippen LogP contribution in [0.5, 0.6) is 0 Å². The average Bonchev–Trinajstić information content (AvgIpc) is 2.55. The second kappa shape index (κ2) is 8.47. The van der Waals surface area contributed by atoms with Crippen LogP contribution in [0.15, 0.2) is 42.5 Å². The highest BCUT2D eigenvalue weighted by atomic mass is 16.2. The first-order valence-corrected chi connectivity index (χ1v) is 8.55. The Balaban J connectivity index is 2.01. The topological polar surface area (TPSA) is 49.4 Å². The van der Waals surface area contributed by atoms with E-state index in [4.69, 9.17) is 0 Å². The highest BCUT2D eigenvalue weighted by Crippen LogP contribution is 2.26. The van der Waals surface area contributed by atoms with Crippen LogP contribution < -0.4 is 10.2 Å². The molecular weight excluding hydrogens is 312 g/mol. The minimum Gasteiger partial charge on any atom is -0.352 e. The predicted octanol–water partition coefficient (Wildman–Crippen LogP) is 3.67. The Labute approximate surface area is 149 Å². The molecule has 0 aliphatic rings. The molecule has 0 unspecified atom stereocenters. The van der Waals surface area contributed by atoms with Gasteiger partial charge in [-0.25, -0.2) is 0 Å². The molecule has 0 aliphatic carbocycles. The van der Waals surface area contributed by atoms with E-state index in [2.05, 4.69) is 17.4 Å². The van der Waals surface area contributed by atoms with Gasteiger partial charge in [0.25, 0.3) is 0 Å². The highest BCUT2D eigenvalue weighted by Gasteiger charge is 2.17. The van der Waals surface area contributed by atoms with Crippen molar-refractivity contribution in [1.82, 2.24) is 5.32 Å². The normalized spacial score (nSPS) is 10.4. The maximum atomic E-state index is 12.1. The molecule has 0 spiro atoms. The first-order valence-electron chi connectivity index (χ1n) is 8.55. The summed E-state index contributed by atoms with van der Waals surface area (Å²) in [4.78, 5) is 26.0. The summed E-state index contributed by atoms with van der Waals surface area (Å²) >= 11 is 0. The van der Waals surface area contributed by atoms with Crippen molar-refractivity contribution in [3.8, 4) is 0 Å². The van der Waals surface area contributed by atoms with Crippen LogP contribution in [0.2, 0.25) is 0 Å². The highest BCUT2D eigenvalue weighted by molar-refractivity contribution is 5.94. The van der Waals surface area contributed by atoms with Crippen molar-refractivity contribution in [1.29, 1.82) is 0 Å². The van der Waals surface area contributed by atoms with Crippen LogP contribution in [-0.4, -0.2) is 18.4 Å². The second-order valence-corrected chi connectivity index (χ2v) is 6.43. The second-order valence-electron chi connectivity index (χ2n) is 6.43. The molecule has 0 aliphatic heterocycles. The zero-order chi connectivity index (χ0) is 18.4. The summed E-state index contributed by atoms with van der Waals surface area (Å²) in [6.07, 6.45) is 0.277. The average molecular weight is 338 g/mol. The molecule has 0 saturated carbocycles. The van der Waals surface area contributed by atoms with Gasteiger partial charge in [-0.3, -0.25) is 9.59 Å². The summed E-state index contributed by atoms with van der Waals surface area (Å²) in [6, 6.07) is 13.9. The third-order valence-corrected chi connectivity index (χ3v) is 4.18. The third kappa shape index (κ3) is 5.18. The van der Waals surface area contributed by atoms with Gasteiger partial charge in [0.05, 0.1) is 0 Å². The van der Waals surface area contributed by atoms with Gasteiger partial charge in [-0.05, 0) is 37.5 Å². The van der Waals surface area contributed by atoms with Crippen LogP contribution in [-0.2, 0) is 16.1 Å². The molecule has 0 bridgehead atoms. The Kier molecular flexibility index (Phi) is 6.34. The fourth-order valence-electron chi connectivity index (χ4n) is 3.12. The van der Waals surface area contributed by atoms with Crippen molar-refractivity contribution >= 4 is 17.5 Å². The van der Waals surface area contributed by atoms with Crippen molar-refractivity contribution in [2.24, 2.45) is 0 Å². The molecule has 2 rings (SSSR count). The molecule has 25 heavy (non-hydrogen) atoms. The van der Waals surface area contributed by atoms with E-state index in [0.29, 0.717) is 13.1 Å². The molecule has 4 heteroatoms. The zero-order valence-corrected chi connectivity index (χ0v) is 15.4.